The highest BCUT2D eigenvalue weighted by atomic mass is 35.5. The first kappa shape index (κ1) is 15.3. The van der Waals surface area contributed by atoms with Crippen molar-refractivity contribution < 1.29 is 13.2 Å². The average molecular weight is 317 g/mol. The van der Waals surface area contributed by atoms with Crippen LogP contribution >= 0.6 is 11.6 Å². The lowest BCUT2D eigenvalue weighted by atomic mass is 10.1. The molecule has 0 bridgehead atoms. The normalized spacial score (nSPS) is 20.5. The second kappa shape index (κ2) is 5.02. The second-order valence-electron chi connectivity index (χ2n) is 5.82. The Morgan fingerprint density at radius 3 is 2.55 bits per heavy atom. The highest BCUT2D eigenvalue weighted by Gasteiger charge is 2.45. The molecule has 0 radical (unpaired) electrons. The minimum absolute atomic E-state index is 0.161. The van der Waals surface area contributed by atoms with Crippen LogP contribution in [0.25, 0.3) is 0 Å². The summed E-state index contributed by atoms with van der Waals surface area (Å²) in [6.07, 6.45) is 1.07. The molecule has 0 spiro atoms. The summed E-state index contributed by atoms with van der Waals surface area (Å²) in [5, 5.41) is 7.99. The van der Waals surface area contributed by atoms with Gasteiger partial charge >= 0.3 is 0 Å². The molecule has 0 heterocycles. The fourth-order valence-corrected chi connectivity index (χ4v) is 2.98. The monoisotopic (exact) mass is 316 g/mol. The molecular formula is C13H17ClN2O3S. The number of carbonyl (C=O) groups is 1. The Balaban J connectivity index is 2.12. The van der Waals surface area contributed by atoms with Crippen LogP contribution in [0, 0.1) is 11.3 Å². The van der Waals surface area contributed by atoms with Crippen molar-refractivity contribution >= 4 is 27.5 Å². The predicted molar refractivity (Wildman–Crippen MR) is 77.0 cm³/mol. The van der Waals surface area contributed by atoms with Gasteiger partial charge in [-0.25, -0.2) is 13.6 Å². The third-order valence-corrected chi connectivity index (χ3v) is 4.80. The topological polar surface area (TPSA) is 89.3 Å². The lowest BCUT2D eigenvalue weighted by Crippen LogP contribution is -2.27. The van der Waals surface area contributed by atoms with Crippen LogP contribution in [0.15, 0.2) is 23.1 Å². The van der Waals surface area contributed by atoms with Crippen LogP contribution in [0.4, 0.5) is 0 Å². The van der Waals surface area contributed by atoms with Crippen molar-refractivity contribution in [3.05, 3.63) is 28.8 Å². The lowest BCUT2D eigenvalue weighted by Gasteiger charge is -2.08. The molecule has 20 heavy (non-hydrogen) atoms. The van der Waals surface area contributed by atoms with E-state index in [0.717, 1.165) is 6.42 Å². The number of hydrogen-bond acceptors (Lipinski definition) is 3. The molecule has 1 aromatic carbocycles. The maximum atomic E-state index is 12.0. The predicted octanol–water partition coefficient (Wildman–Crippen LogP) is 1.76. The van der Waals surface area contributed by atoms with Crippen molar-refractivity contribution in [2.75, 3.05) is 6.54 Å². The summed E-state index contributed by atoms with van der Waals surface area (Å²) >= 11 is 5.82. The van der Waals surface area contributed by atoms with Gasteiger partial charge in [-0.2, -0.15) is 0 Å². The summed E-state index contributed by atoms with van der Waals surface area (Å²) in [5.41, 5.74) is 0.466. The van der Waals surface area contributed by atoms with Crippen LogP contribution in [0.1, 0.15) is 30.6 Å². The Morgan fingerprint density at radius 1 is 1.45 bits per heavy atom. The first-order valence-electron chi connectivity index (χ1n) is 6.21. The van der Waals surface area contributed by atoms with Crippen LogP contribution in [-0.4, -0.2) is 20.9 Å². The van der Waals surface area contributed by atoms with Gasteiger partial charge in [-0.15, -0.1) is 0 Å². The van der Waals surface area contributed by atoms with E-state index in [9.17, 15) is 13.2 Å². The van der Waals surface area contributed by atoms with E-state index in [-0.39, 0.29) is 26.8 Å². The molecule has 3 N–H and O–H groups in total. The quantitative estimate of drug-likeness (QED) is 0.887. The van der Waals surface area contributed by atoms with E-state index in [1.54, 1.807) is 0 Å². The number of nitrogens with two attached hydrogens (primary N) is 1. The van der Waals surface area contributed by atoms with E-state index in [1.165, 1.54) is 18.2 Å². The van der Waals surface area contributed by atoms with Gasteiger partial charge in [0.1, 0.15) is 0 Å². The number of primary sulfonamides is 1. The van der Waals surface area contributed by atoms with Gasteiger partial charge in [0.05, 0.1) is 4.90 Å². The molecule has 1 fully saturated rings. The average Bonchev–Trinajstić information content (AvgIpc) is 2.92. The molecule has 110 valence electrons. The first-order valence-corrected chi connectivity index (χ1v) is 8.13. The lowest BCUT2D eigenvalue weighted by molar-refractivity contribution is 0.0950. The Morgan fingerprint density at radius 2 is 2.05 bits per heavy atom. The van der Waals surface area contributed by atoms with Gasteiger partial charge < -0.3 is 5.32 Å². The van der Waals surface area contributed by atoms with E-state index < -0.39 is 10.0 Å². The van der Waals surface area contributed by atoms with Crippen molar-refractivity contribution in [2.24, 2.45) is 16.5 Å². The maximum Gasteiger partial charge on any atom is 0.251 e. The SMILES string of the molecule is CC1(C)CC1CNC(=O)c1cc(Cl)cc(S(N)(=O)=O)c1. The van der Waals surface area contributed by atoms with Gasteiger partial charge in [-0.3, -0.25) is 4.79 Å². The second-order valence-corrected chi connectivity index (χ2v) is 7.82. The molecule has 0 aliphatic heterocycles. The molecule has 2 rings (SSSR count). The third-order valence-electron chi connectivity index (χ3n) is 3.69. The van der Waals surface area contributed by atoms with Crippen LogP contribution in [0.2, 0.25) is 5.02 Å². The first-order chi connectivity index (χ1) is 9.09. The zero-order chi connectivity index (χ0) is 15.1. The van der Waals surface area contributed by atoms with E-state index in [0.29, 0.717) is 12.5 Å². The number of halogens is 1. The molecule has 1 atom stereocenters. The van der Waals surface area contributed by atoms with Gasteiger partial charge in [0.2, 0.25) is 10.0 Å². The highest BCUT2D eigenvalue weighted by molar-refractivity contribution is 7.89. The van der Waals surface area contributed by atoms with Crippen molar-refractivity contribution in [2.45, 2.75) is 25.2 Å². The Bertz CT molecular complexity index is 656. The molecule has 7 heteroatoms. The van der Waals surface area contributed by atoms with Crippen molar-refractivity contribution in [3.63, 3.8) is 0 Å². The van der Waals surface area contributed by atoms with Crippen molar-refractivity contribution in [1.82, 2.24) is 5.32 Å². The van der Waals surface area contributed by atoms with Crippen molar-refractivity contribution in [1.29, 1.82) is 0 Å². The molecule has 5 nitrogen and oxygen atoms in total. The maximum absolute atomic E-state index is 12.0. The number of hydrogen-bond donors (Lipinski definition) is 2. The van der Waals surface area contributed by atoms with E-state index in [1.807, 2.05) is 0 Å². The summed E-state index contributed by atoms with van der Waals surface area (Å²) in [6, 6.07) is 3.87. The van der Waals surface area contributed by atoms with Gasteiger partial charge in [0.15, 0.2) is 0 Å². The largest absolute Gasteiger partial charge is 0.352 e. The third kappa shape index (κ3) is 3.50. The van der Waals surface area contributed by atoms with Crippen LogP contribution in [-0.2, 0) is 10.0 Å². The molecule has 1 aliphatic carbocycles. The van der Waals surface area contributed by atoms with Gasteiger partial charge in [0.25, 0.3) is 5.91 Å². The number of sulfonamides is 1. The molecular weight excluding hydrogens is 300 g/mol. The van der Waals surface area contributed by atoms with E-state index >= 15 is 0 Å². The van der Waals surface area contributed by atoms with E-state index in [2.05, 4.69) is 19.2 Å². The van der Waals surface area contributed by atoms with Gasteiger partial charge in [-0.05, 0) is 36.0 Å². The fourth-order valence-electron chi connectivity index (χ4n) is 2.10. The number of amides is 1. The minimum Gasteiger partial charge on any atom is -0.352 e. The van der Waals surface area contributed by atoms with E-state index in [4.69, 9.17) is 16.7 Å². The van der Waals surface area contributed by atoms with Crippen LogP contribution in [0.3, 0.4) is 0 Å². The standard InChI is InChI=1S/C13H17ClN2O3S/c1-13(2)6-9(13)7-16-12(17)8-3-10(14)5-11(4-8)20(15,18)19/h3-5,9H,6-7H2,1-2H3,(H,16,17)(H2,15,18,19). The summed E-state index contributed by atoms with van der Waals surface area (Å²) < 4.78 is 22.6. The molecule has 1 amide bonds. The van der Waals surface area contributed by atoms with Gasteiger partial charge in [-0.1, -0.05) is 25.4 Å². The summed E-state index contributed by atoms with van der Waals surface area (Å²) in [4.78, 5) is 11.8. The number of rotatable bonds is 4. The number of benzene rings is 1. The zero-order valence-electron chi connectivity index (χ0n) is 11.3. The molecule has 1 saturated carbocycles. The molecule has 0 aromatic heterocycles. The van der Waals surface area contributed by atoms with Crippen LogP contribution in [0.5, 0.6) is 0 Å². The highest BCUT2D eigenvalue weighted by Crippen LogP contribution is 2.50. The molecule has 1 aromatic rings. The Hall–Kier alpha value is -1.11. The summed E-state index contributed by atoms with van der Waals surface area (Å²) in [7, 11) is -3.88. The number of carbonyl (C=O) groups excluding carboxylic acids is 1. The molecule has 1 unspecified atom stereocenters. The fraction of sp³-hybridized carbons (Fsp3) is 0.462. The Kier molecular flexibility index (Phi) is 3.83. The van der Waals surface area contributed by atoms with Gasteiger partial charge in [0, 0.05) is 17.1 Å². The number of nitrogens with one attached hydrogen (secondary N) is 1. The smallest absolute Gasteiger partial charge is 0.251 e. The van der Waals surface area contributed by atoms with Crippen molar-refractivity contribution in [3.8, 4) is 0 Å². The minimum atomic E-state index is -3.88. The summed E-state index contributed by atoms with van der Waals surface area (Å²) in [5.74, 6) is 0.114. The summed E-state index contributed by atoms with van der Waals surface area (Å²) in [6.45, 7) is 4.85. The van der Waals surface area contributed by atoms with Crippen LogP contribution < -0.4 is 10.5 Å². The zero-order valence-corrected chi connectivity index (χ0v) is 12.9. The Labute approximate surface area is 123 Å². The molecule has 1 aliphatic rings. The molecule has 0 saturated heterocycles.